The highest BCUT2D eigenvalue weighted by molar-refractivity contribution is 6.44. The van der Waals surface area contributed by atoms with Crippen LogP contribution in [0.4, 0.5) is 11.4 Å². The third-order valence-corrected chi connectivity index (χ3v) is 4.89. The Bertz CT molecular complexity index is 901. The zero-order valence-corrected chi connectivity index (χ0v) is 14.5. The van der Waals surface area contributed by atoms with Crippen molar-refractivity contribution in [3.63, 3.8) is 0 Å². The van der Waals surface area contributed by atoms with Crippen LogP contribution in [0.3, 0.4) is 0 Å². The molecule has 126 valence electrons. The van der Waals surface area contributed by atoms with E-state index in [4.69, 9.17) is 28.5 Å². The summed E-state index contributed by atoms with van der Waals surface area (Å²) in [7, 11) is 0. The maximum absolute atomic E-state index is 12.6. The van der Waals surface area contributed by atoms with Gasteiger partial charge in [0.2, 0.25) is 11.8 Å². The van der Waals surface area contributed by atoms with E-state index in [1.54, 1.807) is 42.5 Å². The second-order valence-electron chi connectivity index (χ2n) is 5.78. The van der Waals surface area contributed by atoms with Gasteiger partial charge in [-0.2, -0.15) is 5.26 Å². The summed E-state index contributed by atoms with van der Waals surface area (Å²) in [6.07, 6.45) is 0.890. The minimum absolute atomic E-state index is 0.232. The summed E-state index contributed by atoms with van der Waals surface area (Å²) in [6.45, 7) is 0. The molecule has 0 saturated heterocycles. The standard InChI is InChI=1S/C18H13Cl2N3O2/c19-13-5-2-6-14(15(13)20)23-17(25)18(7-8-18)16(24)22-12-4-1-3-11(9-12)10-21/h1-6,9H,7-8H2,(H,22,24)(H,23,25). The number of carbonyl (C=O) groups excluding carboxylic acids is 2. The van der Waals surface area contributed by atoms with Crippen LogP contribution < -0.4 is 10.6 Å². The lowest BCUT2D eigenvalue weighted by Crippen LogP contribution is -2.35. The van der Waals surface area contributed by atoms with Gasteiger partial charge in [-0.1, -0.05) is 35.3 Å². The Kier molecular flexibility index (Phi) is 4.67. The van der Waals surface area contributed by atoms with Crippen molar-refractivity contribution in [2.75, 3.05) is 10.6 Å². The van der Waals surface area contributed by atoms with Crippen LogP contribution in [0.25, 0.3) is 0 Å². The molecule has 0 bridgehead atoms. The van der Waals surface area contributed by atoms with Crippen LogP contribution >= 0.6 is 23.2 Å². The number of carbonyl (C=O) groups is 2. The second-order valence-corrected chi connectivity index (χ2v) is 6.57. The van der Waals surface area contributed by atoms with Crippen molar-refractivity contribution in [2.45, 2.75) is 12.8 Å². The molecule has 0 heterocycles. The molecule has 0 radical (unpaired) electrons. The lowest BCUT2D eigenvalue weighted by molar-refractivity contribution is -0.131. The smallest absolute Gasteiger partial charge is 0.240 e. The Labute approximate surface area is 154 Å². The Morgan fingerprint density at radius 3 is 2.40 bits per heavy atom. The van der Waals surface area contributed by atoms with Gasteiger partial charge in [0.25, 0.3) is 0 Å². The van der Waals surface area contributed by atoms with E-state index >= 15 is 0 Å². The van der Waals surface area contributed by atoms with Crippen molar-refractivity contribution < 1.29 is 9.59 Å². The number of anilines is 2. The topological polar surface area (TPSA) is 82.0 Å². The van der Waals surface area contributed by atoms with E-state index in [2.05, 4.69) is 10.6 Å². The fraction of sp³-hybridized carbons (Fsp3) is 0.167. The van der Waals surface area contributed by atoms with E-state index in [-0.39, 0.29) is 5.02 Å². The minimum Gasteiger partial charge on any atom is -0.325 e. The van der Waals surface area contributed by atoms with Crippen LogP contribution in [-0.4, -0.2) is 11.8 Å². The van der Waals surface area contributed by atoms with Crippen molar-refractivity contribution >= 4 is 46.4 Å². The summed E-state index contributed by atoms with van der Waals surface area (Å²) < 4.78 is 0. The first-order valence-corrected chi connectivity index (χ1v) is 8.29. The normalized spacial score (nSPS) is 14.3. The number of benzene rings is 2. The average molecular weight is 374 g/mol. The predicted octanol–water partition coefficient (Wildman–Crippen LogP) is 4.22. The lowest BCUT2D eigenvalue weighted by atomic mass is 10.0. The molecule has 2 aromatic carbocycles. The zero-order chi connectivity index (χ0) is 18.0. The molecule has 0 atom stereocenters. The van der Waals surface area contributed by atoms with Crippen molar-refractivity contribution in [3.8, 4) is 6.07 Å². The first-order valence-electron chi connectivity index (χ1n) is 7.53. The molecular formula is C18H13Cl2N3O2. The summed E-state index contributed by atoms with van der Waals surface area (Å²) in [5.41, 5.74) is 0.139. The number of nitrogens with zero attached hydrogens (tertiary/aromatic N) is 1. The molecule has 0 unspecified atom stereocenters. The van der Waals surface area contributed by atoms with Crippen LogP contribution in [0, 0.1) is 16.7 Å². The van der Waals surface area contributed by atoms with Gasteiger partial charge in [-0.3, -0.25) is 9.59 Å². The highest BCUT2D eigenvalue weighted by Gasteiger charge is 2.56. The van der Waals surface area contributed by atoms with Crippen LogP contribution in [0.2, 0.25) is 10.0 Å². The monoisotopic (exact) mass is 373 g/mol. The number of hydrogen-bond acceptors (Lipinski definition) is 3. The van der Waals surface area contributed by atoms with E-state index in [1.165, 1.54) is 0 Å². The van der Waals surface area contributed by atoms with E-state index < -0.39 is 17.2 Å². The van der Waals surface area contributed by atoms with Gasteiger partial charge in [-0.15, -0.1) is 0 Å². The molecule has 0 aliphatic heterocycles. The fourth-order valence-corrected chi connectivity index (χ4v) is 2.79. The van der Waals surface area contributed by atoms with Crippen molar-refractivity contribution in [2.24, 2.45) is 5.41 Å². The quantitative estimate of drug-likeness (QED) is 0.786. The van der Waals surface area contributed by atoms with Crippen LogP contribution in [0.5, 0.6) is 0 Å². The van der Waals surface area contributed by atoms with Gasteiger partial charge >= 0.3 is 0 Å². The largest absolute Gasteiger partial charge is 0.325 e. The highest BCUT2D eigenvalue weighted by atomic mass is 35.5. The zero-order valence-electron chi connectivity index (χ0n) is 13.0. The number of hydrogen-bond donors (Lipinski definition) is 2. The molecule has 0 aromatic heterocycles. The van der Waals surface area contributed by atoms with Crippen LogP contribution in [0.15, 0.2) is 42.5 Å². The first kappa shape index (κ1) is 17.3. The third kappa shape index (κ3) is 3.46. The van der Waals surface area contributed by atoms with Gasteiger partial charge in [0, 0.05) is 5.69 Å². The fourth-order valence-electron chi connectivity index (χ4n) is 2.44. The van der Waals surface area contributed by atoms with E-state index in [0.717, 1.165) is 0 Å². The molecule has 2 amide bonds. The van der Waals surface area contributed by atoms with Gasteiger partial charge in [-0.05, 0) is 43.2 Å². The molecule has 2 N–H and O–H groups in total. The Balaban J connectivity index is 1.75. The molecule has 2 aromatic rings. The molecule has 25 heavy (non-hydrogen) atoms. The van der Waals surface area contributed by atoms with E-state index in [1.807, 2.05) is 6.07 Å². The summed E-state index contributed by atoms with van der Waals surface area (Å²) in [6, 6.07) is 13.4. The van der Waals surface area contributed by atoms with Crippen LogP contribution in [0.1, 0.15) is 18.4 Å². The van der Waals surface area contributed by atoms with Gasteiger partial charge in [0.05, 0.1) is 27.4 Å². The lowest BCUT2D eigenvalue weighted by Gasteiger charge is -2.16. The molecule has 1 aliphatic carbocycles. The summed E-state index contributed by atoms with van der Waals surface area (Å²) in [5.74, 6) is -0.830. The summed E-state index contributed by atoms with van der Waals surface area (Å²) in [5, 5.41) is 14.8. The summed E-state index contributed by atoms with van der Waals surface area (Å²) in [4.78, 5) is 25.2. The Morgan fingerprint density at radius 2 is 1.72 bits per heavy atom. The maximum Gasteiger partial charge on any atom is 0.240 e. The van der Waals surface area contributed by atoms with E-state index in [9.17, 15) is 9.59 Å². The van der Waals surface area contributed by atoms with E-state index in [0.29, 0.717) is 34.8 Å². The SMILES string of the molecule is N#Cc1cccc(NC(=O)C2(C(=O)Nc3cccc(Cl)c3Cl)CC2)c1. The van der Waals surface area contributed by atoms with Gasteiger partial charge < -0.3 is 10.6 Å². The number of nitriles is 1. The molecule has 1 fully saturated rings. The van der Waals surface area contributed by atoms with Gasteiger partial charge in [0.1, 0.15) is 5.41 Å². The van der Waals surface area contributed by atoms with Crippen molar-refractivity contribution in [1.82, 2.24) is 0 Å². The molecule has 7 heteroatoms. The third-order valence-electron chi connectivity index (χ3n) is 4.07. The summed E-state index contributed by atoms with van der Waals surface area (Å²) >= 11 is 12.0. The van der Waals surface area contributed by atoms with Gasteiger partial charge in [0.15, 0.2) is 0 Å². The molecule has 3 rings (SSSR count). The number of halogens is 2. The first-order chi connectivity index (χ1) is 12.0. The van der Waals surface area contributed by atoms with Gasteiger partial charge in [-0.25, -0.2) is 0 Å². The van der Waals surface area contributed by atoms with Crippen molar-refractivity contribution in [1.29, 1.82) is 5.26 Å². The number of amides is 2. The number of nitrogens with one attached hydrogen (secondary N) is 2. The molecular weight excluding hydrogens is 361 g/mol. The molecule has 0 spiro atoms. The molecule has 5 nitrogen and oxygen atoms in total. The second kappa shape index (κ2) is 6.75. The number of rotatable bonds is 4. The van der Waals surface area contributed by atoms with Crippen molar-refractivity contribution in [3.05, 3.63) is 58.1 Å². The molecule has 1 saturated carbocycles. The average Bonchev–Trinajstić information content (AvgIpc) is 3.41. The Hall–Kier alpha value is -2.55. The Morgan fingerprint density at radius 1 is 1.04 bits per heavy atom. The maximum atomic E-state index is 12.6. The highest BCUT2D eigenvalue weighted by Crippen LogP contribution is 2.48. The molecule has 1 aliphatic rings. The van der Waals surface area contributed by atoms with Crippen LogP contribution in [-0.2, 0) is 9.59 Å². The minimum atomic E-state index is -1.13. The predicted molar refractivity (Wildman–Crippen MR) is 96.5 cm³/mol.